The number of unbranched alkanes of at least 4 members (excludes halogenated alkanes) is 3. The summed E-state index contributed by atoms with van der Waals surface area (Å²) in [5.74, 6) is -2.87. The van der Waals surface area contributed by atoms with Crippen LogP contribution in [0.15, 0.2) is 23.6 Å². The van der Waals surface area contributed by atoms with Crippen molar-refractivity contribution in [2.75, 3.05) is 12.3 Å². The molecule has 50 heavy (non-hydrogen) atoms. The lowest BCUT2D eigenvalue weighted by Gasteiger charge is -2.38. The van der Waals surface area contributed by atoms with E-state index < -0.39 is 47.3 Å². The Morgan fingerprint density at radius 2 is 1.80 bits per heavy atom. The number of carboxylic acids is 1. The van der Waals surface area contributed by atoms with Gasteiger partial charge in [-0.2, -0.15) is 0 Å². The molecule has 2 rings (SSSR count). The highest BCUT2D eigenvalue weighted by atomic mass is 32.1. The van der Waals surface area contributed by atoms with Crippen molar-refractivity contribution in [3.05, 3.63) is 45.7 Å². The summed E-state index contributed by atoms with van der Waals surface area (Å²) in [6.45, 7) is 15.1. The Balaban J connectivity index is 2.41. The number of benzene rings is 1. The number of hydrogen-bond acceptors (Lipinski definition) is 9. The second kappa shape index (κ2) is 19.7. The topological polar surface area (TPSA) is 178 Å². The van der Waals surface area contributed by atoms with Crippen LogP contribution < -0.4 is 16.8 Å². The summed E-state index contributed by atoms with van der Waals surface area (Å²) in [7, 11) is 0. The van der Waals surface area contributed by atoms with Crippen LogP contribution >= 0.6 is 11.3 Å². The third-order valence-corrected chi connectivity index (χ3v) is 10.2. The molecule has 0 saturated heterocycles. The summed E-state index contributed by atoms with van der Waals surface area (Å²) in [5, 5.41) is 14.6. The predicted octanol–water partition coefficient (Wildman–Crippen LogP) is 6.51. The van der Waals surface area contributed by atoms with E-state index in [1.165, 1.54) is 19.1 Å². The van der Waals surface area contributed by atoms with Gasteiger partial charge in [-0.3, -0.25) is 19.2 Å². The van der Waals surface area contributed by atoms with Crippen LogP contribution in [0.1, 0.15) is 127 Å². The number of nitrogens with two attached hydrogens (primary N) is 2. The Morgan fingerprint density at radius 3 is 2.36 bits per heavy atom. The molecule has 0 saturated carbocycles. The van der Waals surface area contributed by atoms with Crippen LogP contribution in [0.3, 0.4) is 0 Å². The molecule has 0 aliphatic heterocycles. The molecular formula is C37H58FN5O6S. The van der Waals surface area contributed by atoms with Gasteiger partial charge in [0.05, 0.1) is 17.1 Å². The van der Waals surface area contributed by atoms with Crippen molar-refractivity contribution >= 4 is 40.8 Å². The fourth-order valence-electron chi connectivity index (χ4n) is 5.87. The zero-order valence-electron chi connectivity index (χ0n) is 31.0. The maximum Gasteiger partial charge on any atom is 0.309 e. The number of ether oxygens (including phenoxy) is 1. The zero-order chi connectivity index (χ0) is 37.8. The molecular weight excluding hydrogens is 662 g/mol. The fourth-order valence-corrected chi connectivity index (χ4v) is 6.71. The van der Waals surface area contributed by atoms with Crippen molar-refractivity contribution < 1.29 is 33.4 Å². The van der Waals surface area contributed by atoms with E-state index in [2.05, 4.69) is 17.2 Å². The molecule has 0 spiro atoms. The first-order valence-corrected chi connectivity index (χ1v) is 18.6. The van der Waals surface area contributed by atoms with Crippen molar-refractivity contribution in [3.63, 3.8) is 0 Å². The summed E-state index contributed by atoms with van der Waals surface area (Å²) in [6.07, 6.45) is 4.30. The molecule has 0 bridgehead atoms. The van der Waals surface area contributed by atoms with Gasteiger partial charge in [-0.15, -0.1) is 11.3 Å². The van der Waals surface area contributed by atoms with Crippen molar-refractivity contribution in [2.45, 2.75) is 131 Å². The summed E-state index contributed by atoms with van der Waals surface area (Å²) >= 11 is 1.16. The van der Waals surface area contributed by atoms with Crippen LogP contribution in [0.5, 0.6) is 0 Å². The molecule has 2 amide bonds. The molecule has 0 fully saturated rings. The quantitative estimate of drug-likeness (QED) is 0.0636. The van der Waals surface area contributed by atoms with Crippen LogP contribution in [-0.2, 0) is 25.5 Å². The average molecular weight is 720 g/mol. The third kappa shape index (κ3) is 12.6. The molecule has 13 heteroatoms. The summed E-state index contributed by atoms with van der Waals surface area (Å²) in [6, 6.07) is 2.65. The number of carboxylic acid groups (broad SMARTS) is 1. The van der Waals surface area contributed by atoms with E-state index in [1.54, 1.807) is 25.3 Å². The van der Waals surface area contributed by atoms with E-state index in [9.17, 15) is 28.7 Å². The molecule has 6 N–H and O–H groups in total. The molecule has 280 valence electrons. The number of nitrogens with one attached hydrogen (secondary N) is 1. The molecule has 1 aromatic heterocycles. The summed E-state index contributed by atoms with van der Waals surface area (Å²) in [5.41, 5.74) is 11.5. The first-order chi connectivity index (χ1) is 23.4. The van der Waals surface area contributed by atoms with Gasteiger partial charge in [0.1, 0.15) is 16.5 Å². The number of rotatable bonds is 21. The monoisotopic (exact) mass is 719 g/mol. The Labute approximate surface area is 300 Å². The first kappa shape index (κ1) is 42.6. The smallest absolute Gasteiger partial charge is 0.309 e. The molecule has 1 heterocycles. The van der Waals surface area contributed by atoms with Crippen molar-refractivity contribution in [1.82, 2.24) is 15.2 Å². The predicted molar refractivity (Wildman–Crippen MR) is 195 cm³/mol. The van der Waals surface area contributed by atoms with Crippen molar-refractivity contribution in [2.24, 2.45) is 23.0 Å². The SMILES string of the molecule is CCCCCCN(C(=O)[C@@H](N)[C@@H](C)CC)[C@H](C[C@@H](OC(C)=O)c1nc(C(=O)N[C@@H](Cc2ccc(N)c(F)c2)CC(C)(C)C(=O)O)cs1)C(C)C. The van der Waals surface area contributed by atoms with E-state index in [0.717, 1.165) is 43.4 Å². The van der Waals surface area contributed by atoms with Crippen LogP contribution in [0.25, 0.3) is 0 Å². The number of aromatic nitrogens is 1. The van der Waals surface area contributed by atoms with Crippen LogP contribution in [-0.4, -0.2) is 63.4 Å². The fraction of sp³-hybridized carbons (Fsp3) is 0.649. The minimum Gasteiger partial charge on any atom is -0.481 e. The van der Waals surface area contributed by atoms with E-state index in [0.29, 0.717) is 17.1 Å². The zero-order valence-corrected chi connectivity index (χ0v) is 31.8. The minimum atomic E-state index is -1.19. The number of anilines is 1. The maximum atomic E-state index is 14.2. The molecule has 0 aliphatic rings. The van der Waals surface area contributed by atoms with E-state index >= 15 is 0 Å². The number of thiazole rings is 1. The Bertz CT molecular complexity index is 1430. The summed E-state index contributed by atoms with van der Waals surface area (Å²) in [4.78, 5) is 58.1. The van der Waals surface area contributed by atoms with E-state index in [-0.39, 0.29) is 54.4 Å². The van der Waals surface area contributed by atoms with E-state index in [1.807, 2.05) is 32.6 Å². The number of carbonyl (C=O) groups is 4. The van der Waals surface area contributed by atoms with Gasteiger partial charge >= 0.3 is 11.9 Å². The molecule has 5 atom stereocenters. The van der Waals surface area contributed by atoms with Crippen molar-refractivity contribution in [3.8, 4) is 0 Å². The minimum absolute atomic E-state index is 0.00781. The van der Waals surface area contributed by atoms with Crippen LogP contribution in [0, 0.1) is 23.1 Å². The van der Waals surface area contributed by atoms with Gasteiger partial charge in [0.15, 0.2) is 6.10 Å². The van der Waals surface area contributed by atoms with Gasteiger partial charge < -0.3 is 31.5 Å². The molecule has 1 aromatic carbocycles. The second-order valence-corrected chi connectivity index (χ2v) is 15.2. The van der Waals surface area contributed by atoms with Crippen molar-refractivity contribution in [1.29, 1.82) is 0 Å². The number of esters is 1. The first-order valence-electron chi connectivity index (χ1n) is 17.7. The highest BCUT2D eigenvalue weighted by Gasteiger charge is 2.36. The second-order valence-electron chi connectivity index (χ2n) is 14.3. The van der Waals surface area contributed by atoms with Crippen LogP contribution in [0.2, 0.25) is 0 Å². The number of aliphatic carboxylic acids is 1. The number of nitrogens with zero attached hydrogens (tertiary/aromatic N) is 2. The Kier molecular flexibility index (Phi) is 16.8. The van der Waals surface area contributed by atoms with Gasteiger partial charge in [-0.25, -0.2) is 9.37 Å². The Hall–Kier alpha value is -3.58. The molecule has 11 nitrogen and oxygen atoms in total. The number of carbonyl (C=O) groups excluding carboxylic acids is 3. The highest BCUT2D eigenvalue weighted by molar-refractivity contribution is 7.09. The maximum absolute atomic E-state index is 14.2. The lowest BCUT2D eigenvalue weighted by atomic mass is 9.84. The van der Waals surface area contributed by atoms with E-state index in [4.69, 9.17) is 16.2 Å². The molecule has 0 unspecified atom stereocenters. The van der Waals surface area contributed by atoms with Gasteiger partial charge in [-0.05, 0) is 62.6 Å². The number of hydrogen-bond donors (Lipinski definition) is 4. The number of amides is 2. The lowest BCUT2D eigenvalue weighted by molar-refractivity contribution is -0.149. The Morgan fingerprint density at radius 1 is 1.12 bits per heavy atom. The molecule has 0 aliphatic carbocycles. The normalized spacial score (nSPS) is 14.8. The highest BCUT2D eigenvalue weighted by Crippen LogP contribution is 2.32. The van der Waals surface area contributed by atoms with Gasteiger partial charge in [0.25, 0.3) is 5.91 Å². The standard InChI is InChI=1S/C37H58FN5O6S/c1-9-11-12-13-16-43(35(46)32(40)23(5)10-2)30(22(3)4)19-31(49-24(6)44)34-42-29(21-50-34)33(45)41-26(20-37(7,8)36(47)48)17-25-14-15-28(39)27(38)18-25/h14-15,18,21-23,26,30-32H,9-13,16-17,19-20,39-40H2,1-8H3,(H,41,45)(H,47,48)/t23-,26-,30+,31+,32-/m0/s1. The van der Waals surface area contributed by atoms with Gasteiger partial charge in [0.2, 0.25) is 5.91 Å². The third-order valence-electron chi connectivity index (χ3n) is 9.26. The van der Waals surface area contributed by atoms with Gasteiger partial charge in [-0.1, -0.05) is 66.4 Å². The summed E-state index contributed by atoms with van der Waals surface area (Å²) < 4.78 is 20.0. The molecule has 2 aromatic rings. The van der Waals surface area contributed by atoms with Crippen LogP contribution in [0.4, 0.5) is 10.1 Å². The van der Waals surface area contributed by atoms with Gasteiger partial charge in [0, 0.05) is 37.4 Å². The average Bonchev–Trinajstić information content (AvgIpc) is 3.54. The largest absolute Gasteiger partial charge is 0.481 e. The molecule has 0 radical (unpaired) electrons. The number of halogens is 1. The lowest BCUT2D eigenvalue weighted by Crippen LogP contribution is -2.53. The number of nitrogen functional groups attached to an aromatic ring is 1.